The third kappa shape index (κ3) is 28.9. The first kappa shape index (κ1) is 39.9. The summed E-state index contributed by atoms with van der Waals surface area (Å²) in [5, 5.41) is 18.4. The lowest BCUT2D eigenvalue weighted by molar-refractivity contribution is -0.148. The van der Waals surface area contributed by atoms with Gasteiger partial charge in [0.25, 0.3) is 0 Å². The molecule has 0 unspecified atom stereocenters. The van der Waals surface area contributed by atoms with E-state index in [2.05, 4.69) is 14.7 Å². The minimum atomic E-state index is -0.915. The van der Waals surface area contributed by atoms with Gasteiger partial charge in [0.2, 0.25) is 0 Å². The fraction of sp³-hybridized carbons (Fsp3) is 0.455. The average molecular weight is 601 g/mol. The predicted octanol–water partition coefficient (Wildman–Crippen LogP) is 2.67. The third-order valence-corrected chi connectivity index (χ3v) is 7.50. The third-order valence-electron chi connectivity index (χ3n) is 3.02. The minimum Gasteiger partial charge on any atom is -0.480 e. The molecule has 0 fully saturated rings. The first-order valence-corrected chi connectivity index (χ1v) is 15.2. The van der Waals surface area contributed by atoms with Crippen LogP contribution in [0.25, 0.3) is 0 Å². The molecule has 0 radical (unpaired) electrons. The van der Waals surface area contributed by atoms with Gasteiger partial charge in [0.1, 0.15) is 29.9 Å². The van der Waals surface area contributed by atoms with Crippen LogP contribution >= 0.6 is 43.2 Å². The summed E-state index contributed by atoms with van der Waals surface area (Å²) in [5.74, 6) is 0.262. The number of aliphatic hydroxyl groups excluding tert-OH is 1. The number of carbonyl (C=O) groups is 2. The Kier molecular flexibility index (Phi) is 33.1. The number of pyridine rings is 2. The van der Waals surface area contributed by atoms with Crippen LogP contribution in [-0.4, -0.2) is 94.2 Å². The van der Waals surface area contributed by atoms with Crippen LogP contribution in [0.4, 0.5) is 0 Å². The topological polar surface area (TPSA) is 191 Å². The standard InChI is InChI=1S/C11H15NO3S2.C7H9NOS2.C4H8O3.2H2O/c1-2-14-9-11(13)15-7-8-16-17-10-5-3-4-6-12-10;9-5-6-10-11-7-3-1-2-4-8-7;1-2-7-3-4(5)6;;/h3-6H,2,7-9H2,1H3;1-4,9H,5-6H2;2-3H2,1H3,(H,5,6);2*1H2. The first-order chi connectivity index (χ1) is 17.0. The lowest BCUT2D eigenvalue weighted by Gasteiger charge is -2.04. The van der Waals surface area contributed by atoms with Gasteiger partial charge in [-0.2, -0.15) is 0 Å². The average Bonchev–Trinajstić information content (AvgIpc) is 2.88. The Labute approximate surface area is 233 Å². The van der Waals surface area contributed by atoms with Crippen molar-refractivity contribution in [1.29, 1.82) is 0 Å². The smallest absolute Gasteiger partial charge is 0.332 e. The Hall–Kier alpha value is -1.56. The van der Waals surface area contributed by atoms with Crippen molar-refractivity contribution >= 4 is 55.1 Å². The van der Waals surface area contributed by atoms with Gasteiger partial charge in [-0.3, -0.25) is 0 Å². The summed E-state index contributed by atoms with van der Waals surface area (Å²) in [5.41, 5.74) is 0. The summed E-state index contributed by atoms with van der Waals surface area (Å²) in [6.07, 6.45) is 3.52. The number of aliphatic carboxylic acids is 1. The second-order valence-electron chi connectivity index (χ2n) is 5.76. The molecule has 0 bridgehead atoms. The lowest BCUT2D eigenvalue weighted by atomic mass is 10.5. The Morgan fingerprint density at radius 3 is 1.76 bits per heavy atom. The van der Waals surface area contributed by atoms with Gasteiger partial charge in [0, 0.05) is 37.1 Å². The molecule has 6 N–H and O–H groups in total. The lowest BCUT2D eigenvalue weighted by Crippen LogP contribution is -2.13. The van der Waals surface area contributed by atoms with Crippen molar-refractivity contribution in [3.8, 4) is 0 Å². The molecule has 11 nitrogen and oxygen atoms in total. The number of aromatic nitrogens is 2. The molecule has 0 spiro atoms. The molecule has 0 saturated heterocycles. The highest BCUT2D eigenvalue weighted by Gasteiger charge is 2.02. The molecule has 2 aromatic rings. The van der Waals surface area contributed by atoms with E-state index in [0.29, 0.717) is 19.8 Å². The fourth-order valence-corrected chi connectivity index (χ4v) is 4.99. The second kappa shape index (κ2) is 30.7. The van der Waals surface area contributed by atoms with Gasteiger partial charge in [-0.15, -0.1) is 0 Å². The number of ether oxygens (including phenoxy) is 3. The highest BCUT2D eigenvalue weighted by Crippen LogP contribution is 2.28. The molecule has 0 aromatic carbocycles. The maximum absolute atomic E-state index is 11.1. The molecule has 2 aromatic heterocycles. The van der Waals surface area contributed by atoms with Gasteiger partial charge in [-0.05, 0) is 59.7 Å². The van der Waals surface area contributed by atoms with Crippen LogP contribution in [0.1, 0.15) is 13.8 Å². The van der Waals surface area contributed by atoms with Gasteiger partial charge >= 0.3 is 11.9 Å². The zero-order chi connectivity index (χ0) is 26.0. The zero-order valence-corrected chi connectivity index (χ0v) is 24.0. The molecule has 0 atom stereocenters. The van der Waals surface area contributed by atoms with Crippen molar-refractivity contribution in [2.75, 3.05) is 51.1 Å². The Bertz CT molecular complexity index is 766. The highest BCUT2D eigenvalue weighted by atomic mass is 33.1. The maximum atomic E-state index is 11.1. The molecule has 0 aliphatic heterocycles. The van der Waals surface area contributed by atoms with E-state index in [1.807, 2.05) is 43.3 Å². The summed E-state index contributed by atoms with van der Waals surface area (Å²) in [6, 6.07) is 11.6. The van der Waals surface area contributed by atoms with Crippen molar-refractivity contribution in [3.63, 3.8) is 0 Å². The van der Waals surface area contributed by atoms with E-state index in [1.165, 1.54) is 0 Å². The van der Waals surface area contributed by atoms with E-state index < -0.39 is 5.97 Å². The van der Waals surface area contributed by atoms with Crippen LogP contribution in [0.5, 0.6) is 0 Å². The quantitative estimate of drug-likeness (QED) is 0.172. The highest BCUT2D eigenvalue weighted by molar-refractivity contribution is 8.77. The largest absolute Gasteiger partial charge is 0.480 e. The van der Waals surface area contributed by atoms with Crippen molar-refractivity contribution in [2.24, 2.45) is 0 Å². The molecule has 0 aliphatic rings. The maximum Gasteiger partial charge on any atom is 0.332 e. The second-order valence-corrected chi connectivity index (χ2v) is 10.6. The first-order valence-electron chi connectivity index (χ1n) is 10.6. The molecule has 212 valence electrons. The van der Waals surface area contributed by atoms with Crippen LogP contribution in [0.15, 0.2) is 58.8 Å². The predicted molar refractivity (Wildman–Crippen MR) is 151 cm³/mol. The van der Waals surface area contributed by atoms with E-state index in [-0.39, 0.29) is 36.7 Å². The molecular weight excluding hydrogens is 565 g/mol. The van der Waals surface area contributed by atoms with Crippen molar-refractivity contribution in [1.82, 2.24) is 9.97 Å². The molecular formula is C22H36N2O9S4. The number of carboxylic acid groups (broad SMARTS) is 1. The monoisotopic (exact) mass is 600 g/mol. The number of aliphatic hydroxyl groups is 1. The minimum absolute atomic E-state index is 0. The van der Waals surface area contributed by atoms with E-state index in [4.69, 9.17) is 19.7 Å². The van der Waals surface area contributed by atoms with Gasteiger partial charge in [-0.1, -0.05) is 33.7 Å². The summed E-state index contributed by atoms with van der Waals surface area (Å²) in [7, 11) is 6.38. The number of hydrogen-bond acceptors (Lipinski definition) is 12. The van der Waals surface area contributed by atoms with Gasteiger partial charge < -0.3 is 35.4 Å². The Morgan fingerprint density at radius 1 is 0.838 bits per heavy atom. The number of nitrogens with zero attached hydrogens (tertiary/aromatic N) is 2. The van der Waals surface area contributed by atoms with Crippen molar-refractivity contribution in [3.05, 3.63) is 48.8 Å². The number of esters is 1. The van der Waals surface area contributed by atoms with Crippen LogP contribution < -0.4 is 0 Å². The Balaban J connectivity index is -0.000000501. The summed E-state index contributed by atoms with van der Waals surface area (Å²) >= 11 is 0. The van der Waals surface area contributed by atoms with E-state index in [9.17, 15) is 9.59 Å². The number of carboxylic acids is 1. The summed E-state index contributed by atoms with van der Waals surface area (Å²) in [4.78, 5) is 29.0. The SMILES string of the molecule is CCOCC(=O)O.CCOCC(=O)OCCSSc1ccccn1.O.O.OCCSSc1ccccn1. The molecule has 15 heteroatoms. The van der Waals surface area contributed by atoms with Crippen LogP contribution in [-0.2, 0) is 23.8 Å². The summed E-state index contributed by atoms with van der Waals surface area (Å²) in [6.45, 7) is 5.06. The van der Waals surface area contributed by atoms with Gasteiger partial charge in [0.15, 0.2) is 0 Å². The molecule has 2 heterocycles. The Morgan fingerprint density at radius 2 is 1.35 bits per heavy atom. The zero-order valence-electron chi connectivity index (χ0n) is 20.7. The van der Waals surface area contributed by atoms with E-state index >= 15 is 0 Å². The summed E-state index contributed by atoms with van der Waals surface area (Å²) < 4.78 is 14.4. The molecule has 0 amide bonds. The number of rotatable bonds is 15. The van der Waals surface area contributed by atoms with Gasteiger partial charge in [0.05, 0.1) is 6.61 Å². The van der Waals surface area contributed by atoms with Crippen LogP contribution in [0.2, 0.25) is 0 Å². The molecule has 0 aliphatic carbocycles. The van der Waals surface area contributed by atoms with E-state index in [1.54, 1.807) is 62.5 Å². The van der Waals surface area contributed by atoms with E-state index in [0.717, 1.165) is 21.6 Å². The molecule has 0 saturated carbocycles. The van der Waals surface area contributed by atoms with Crippen molar-refractivity contribution in [2.45, 2.75) is 23.9 Å². The molecule has 37 heavy (non-hydrogen) atoms. The number of carbonyl (C=O) groups excluding carboxylic acids is 1. The number of hydrogen-bond donors (Lipinski definition) is 2. The normalized spacial score (nSPS) is 9.27. The van der Waals surface area contributed by atoms with Crippen LogP contribution in [0.3, 0.4) is 0 Å². The van der Waals surface area contributed by atoms with Gasteiger partial charge in [-0.25, -0.2) is 19.6 Å². The van der Waals surface area contributed by atoms with Crippen LogP contribution in [0, 0.1) is 0 Å². The fourth-order valence-electron chi connectivity index (χ4n) is 1.64. The van der Waals surface area contributed by atoms with Crippen molar-refractivity contribution < 1.29 is 45.0 Å². The molecule has 2 rings (SSSR count).